The Labute approximate surface area is 199 Å². The van der Waals surface area contributed by atoms with Crippen molar-refractivity contribution >= 4 is 22.8 Å². The van der Waals surface area contributed by atoms with Crippen LogP contribution in [-0.4, -0.2) is 44.4 Å². The Kier molecular flexibility index (Phi) is 6.33. The van der Waals surface area contributed by atoms with Crippen LogP contribution >= 0.6 is 0 Å². The second-order valence-electron chi connectivity index (χ2n) is 9.61. The molecule has 34 heavy (non-hydrogen) atoms. The van der Waals surface area contributed by atoms with Gasteiger partial charge in [-0.25, -0.2) is 9.78 Å². The summed E-state index contributed by atoms with van der Waals surface area (Å²) in [6, 6.07) is 14.0. The molecular formula is C25H30N6O3. The molecule has 0 atom stereocenters. The number of nitrogens with zero attached hydrogens (tertiary/aromatic N) is 5. The summed E-state index contributed by atoms with van der Waals surface area (Å²) >= 11 is 0. The van der Waals surface area contributed by atoms with Gasteiger partial charge in [-0.15, -0.1) is 0 Å². The molecule has 2 N–H and O–H groups in total. The lowest BCUT2D eigenvalue weighted by Gasteiger charge is -2.41. The van der Waals surface area contributed by atoms with Crippen LogP contribution in [-0.2, 0) is 16.9 Å². The minimum absolute atomic E-state index is 0.244. The van der Waals surface area contributed by atoms with E-state index in [0.717, 1.165) is 11.1 Å². The number of nitrogen functional groups attached to an aromatic ring is 1. The first kappa shape index (κ1) is 23.4. The van der Waals surface area contributed by atoms with Crippen LogP contribution in [0.3, 0.4) is 0 Å². The molecular weight excluding hydrogens is 432 g/mol. The van der Waals surface area contributed by atoms with Crippen LogP contribution in [0.4, 0.5) is 10.6 Å². The topological polar surface area (TPSA) is 119 Å². The predicted molar refractivity (Wildman–Crippen MR) is 128 cm³/mol. The van der Waals surface area contributed by atoms with Gasteiger partial charge in [0, 0.05) is 19.3 Å². The number of amides is 1. The van der Waals surface area contributed by atoms with Gasteiger partial charge in [-0.1, -0.05) is 30.3 Å². The first-order chi connectivity index (χ1) is 16.2. The van der Waals surface area contributed by atoms with Crippen molar-refractivity contribution in [2.75, 3.05) is 18.8 Å². The molecule has 3 heterocycles. The van der Waals surface area contributed by atoms with Gasteiger partial charge in [0.25, 0.3) is 0 Å². The van der Waals surface area contributed by atoms with E-state index in [9.17, 15) is 10.1 Å². The zero-order chi connectivity index (χ0) is 24.3. The van der Waals surface area contributed by atoms with E-state index in [1.165, 1.54) is 0 Å². The van der Waals surface area contributed by atoms with E-state index in [1.54, 1.807) is 11.1 Å². The van der Waals surface area contributed by atoms with Crippen LogP contribution < -0.4 is 10.5 Å². The molecule has 1 aliphatic heterocycles. The number of anilines is 1. The summed E-state index contributed by atoms with van der Waals surface area (Å²) in [7, 11) is 0. The Hall–Kier alpha value is -3.80. The average molecular weight is 463 g/mol. The molecule has 1 aliphatic rings. The lowest BCUT2D eigenvalue weighted by molar-refractivity contribution is 0.0110. The third-order valence-electron chi connectivity index (χ3n) is 6.01. The van der Waals surface area contributed by atoms with E-state index in [0.29, 0.717) is 49.6 Å². The molecule has 0 bridgehead atoms. The third kappa shape index (κ3) is 4.76. The zero-order valence-corrected chi connectivity index (χ0v) is 19.8. The fourth-order valence-electron chi connectivity index (χ4n) is 4.30. The molecule has 0 unspecified atom stereocenters. The highest BCUT2D eigenvalue weighted by Crippen LogP contribution is 2.39. The van der Waals surface area contributed by atoms with Crippen LogP contribution in [0, 0.1) is 11.3 Å². The monoisotopic (exact) mass is 462 g/mol. The van der Waals surface area contributed by atoms with E-state index in [4.69, 9.17) is 15.2 Å². The fraction of sp³-hybridized carbons (Fsp3) is 0.440. The SMILES string of the molecule is CC(C)(C)OC(=O)N1CCC(CC#N)(n2nc(N)c3c(OCc4ccccc4)nccc32)CC1. The summed E-state index contributed by atoms with van der Waals surface area (Å²) in [6.07, 6.45) is 2.67. The lowest BCUT2D eigenvalue weighted by Crippen LogP contribution is -2.49. The number of hydrogen-bond donors (Lipinski definition) is 1. The summed E-state index contributed by atoms with van der Waals surface area (Å²) in [6.45, 7) is 6.81. The molecule has 0 spiro atoms. The normalized spacial score (nSPS) is 15.6. The van der Waals surface area contributed by atoms with Crippen LogP contribution in [0.5, 0.6) is 5.88 Å². The molecule has 9 nitrogen and oxygen atoms in total. The number of benzene rings is 1. The Morgan fingerprint density at radius 2 is 1.91 bits per heavy atom. The van der Waals surface area contributed by atoms with Gasteiger partial charge in [-0.2, -0.15) is 10.4 Å². The molecule has 3 aromatic rings. The minimum atomic E-state index is -0.596. The highest BCUT2D eigenvalue weighted by Gasteiger charge is 2.41. The molecule has 0 radical (unpaired) electrons. The van der Waals surface area contributed by atoms with E-state index >= 15 is 0 Å². The molecule has 178 valence electrons. The summed E-state index contributed by atoms with van der Waals surface area (Å²) in [5.41, 5.74) is 6.95. The molecule has 2 aromatic heterocycles. The number of piperidine rings is 1. The van der Waals surface area contributed by atoms with Crippen molar-refractivity contribution in [3.63, 3.8) is 0 Å². The lowest BCUT2D eigenvalue weighted by atomic mass is 9.85. The van der Waals surface area contributed by atoms with Crippen LogP contribution in [0.2, 0.25) is 0 Å². The van der Waals surface area contributed by atoms with Gasteiger partial charge in [0.2, 0.25) is 5.88 Å². The van der Waals surface area contributed by atoms with Crippen molar-refractivity contribution in [1.82, 2.24) is 19.7 Å². The minimum Gasteiger partial charge on any atom is -0.472 e. The number of nitrogens with two attached hydrogens (primary N) is 1. The highest BCUT2D eigenvalue weighted by atomic mass is 16.6. The predicted octanol–water partition coefficient (Wildman–Crippen LogP) is 4.23. The van der Waals surface area contributed by atoms with Crippen LogP contribution in [0.1, 0.15) is 45.6 Å². The third-order valence-corrected chi connectivity index (χ3v) is 6.01. The second kappa shape index (κ2) is 9.21. The maximum Gasteiger partial charge on any atom is 0.410 e. The Balaban J connectivity index is 1.61. The number of likely N-dealkylation sites (tertiary alicyclic amines) is 1. The van der Waals surface area contributed by atoms with Crippen molar-refractivity contribution in [2.45, 2.75) is 57.8 Å². The standard InChI is InChI=1S/C25H30N6O3/c1-24(2,3)34-23(32)30-15-11-25(10-13-26,12-16-30)31-19-9-14-28-22(20(19)21(27)29-31)33-17-18-7-5-4-6-8-18/h4-9,14H,10-12,15-17H2,1-3H3,(H2,27,29). The summed E-state index contributed by atoms with van der Waals surface area (Å²) in [5.74, 6) is 0.710. The molecule has 4 rings (SSSR count). The molecule has 1 fully saturated rings. The van der Waals surface area contributed by atoms with Gasteiger partial charge in [0.05, 0.1) is 23.5 Å². The van der Waals surface area contributed by atoms with Crippen molar-refractivity contribution < 1.29 is 14.3 Å². The molecule has 0 saturated carbocycles. The average Bonchev–Trinajstić information content (AvgIpc) is 3.16. The summed E-state index contributed by atoms with van der Waals surface area (Å²) < 4.78 is 13.4. The first-order valence-corrected chi connectivity index (χ1v) is 11.4. The highest BCUT2D eigenvalue weighted by molar-refractivity contribution is 5.93. The number of pyridine rings is 1. The summed E-state index contributed by atoms with van der Waals surface area (Å²) in [4.78, 5) is 18.6. The number of carbonyl (C=O) groups excluding carboxylic acids is 1. The maximum atomic E-state index is 12.5. The molecule has 1 aromatic carbocycles. The smallest absolute Gasteiger partial charge is 0.410 e. The van der Waals surface area contributed by atoms with Crippen molar-refractivity contribution in [3.05, 3.63) is 48.2 Å². The van der Waals surface area contributed by atoms with Crippen molar-refractivity contribution in [3.8, 4) is 11.9 Å². The number of fused-ring (bicyclic) bond motifs is 1. The number of hydrogen-bond acceptors (Lipinski definition) is 7. The fourth-order valence-corrected chi connectivity index (χ4v) is 4.30. The maximum absolute atomic E-state index is 12.5. The summed E-state index contributed by atoms with van der Waals surface area (Å²) in [5, 5.41) is 14.9. The van der Waals surface area contributed by atoms with Crippen LogP contribution in [0.25, 0.3) is 10.9 Å². The Morgan fingerprint density at radius 1 is 1.21 bits per heavy atom. The van der Waals surface area contributed by atoms with Crippen molar-refractivity contribution in [1.29, 1.82) is 5.26 Å². The van der Waals surface area contributed by atoms with Gasteiger partial charge in [-0.3, -0.25) is 4.68 Å². The van der Waals surface area contributed by atoms with Gasteiger partial charge < -0.3 is 20.1 Å². The number of ether oxygens (including phenoxy) is 2. The van der Waals surface area contributed by atoms with Gasteiger partial charge in [0.15, 0.2) is 5.82 Å². The van der Waals surface area contributed by atoms with E-state index in [1.807, 2.05) is 61.9 Å². The van der Waals surface area contributed by atoms with E-state index in [2.05, 4.69) is 16.2 Å². The Bertz CT molecular complexity index is 1200. The van der Waals surface area contributed by atoms with Crippen LogP contribution in [0.15, 0.2) is 42.6 Å². The van der Waals surface area contributed by atoms with Gasteiger partial charge in [0.1, 0.15) is 17.6 Å². The second-order valence-corrected chi connectivity index (χ2v) is 9.61. The molecule has 1 amide bonds. The zero-order valence-electron chi connectivity index (χ0n) is 19.8. The number of rotatable bonds is 5. The Morgan fingerprint density at radius 3 is 2.56 bits per heavy atom. The van der Waals surface area contributed by atoms with Crippen molar-refractivity contribution in [2.24, 2.45) is 0 Å². The largest absolute Gasteiger partial charge is 0.472 e. The molecule has 9 heteroatoms. The first-order valence-electron chi connectivity index (χ1n) is 11.4. The van der Waals surface area contributed by atoms with Gasteiger partial charge in [-0.05, 0) is 45.2 Å². The van der Waals surface area contributed by atoms with Gasteiger partial charge >= 0.3 is 6.09 Å². The quantitative estimate of drug-likeness (QED) is 0.602. The number of aromatic nitrogens is 3. The number of nitriles is 1. The van der Waals surface area contributed by atoms with E-state index < -0.39 is 11.1 Å². The molecule has 0 aliphatic carbocycles. The number of carbonyl (C=O) groups is 1. The molecule has 1 saturated heterocycles. The van der Waals surface area contributed by atoms with E-state index in [-0.39, 0.29) is 12.5 Å².